The van der Waals surface area contributed by atoms with Crippen molar-refractivity contribution in [3.63, 3.8) is 0 Å². The van der Waals surface area contributed by atoms with Crippen LogP contribution in [0.15, 0.2) is 57.9 Å². The SMILES string of the molecule is CC(Sc1ccccc1Br)C(=O)c1ccc(Cl)cc1. The van der Waals surface area contributed by atoms with Gasteiger partial charge in [-0.25, -0.2) is 0 Å². The summed E-state index contributed by atoms with van der Waals surface area (Å²) < 4.78 is 1.01. The molecule has 0 saturated carbocycles. The van der Waals surface area contributed by atoms with E-state index in [9.17, 15) is 4.79 Å². The van der Waals surface area contributed by atoms with Gasteiger partial charge in [0, 0.05) is 20.0 Å². The van der Waals surface area contributed by atoms with Crippen molar-refractivity contribution >= 4 is 45.1 Å². The molecule has 0 heterocycles. The van der Waals surface area contributed by atoms with Crippen molar-refractivity contribution < 1.29 is 4.79 Å². The number of carbonyl (C=O) groups excluding carboxylic acids is 1. The largest absolute Gasteiger partial charge is 0.293 e. The van der Waals surface area contributed by atoms with Gasteiger partial charge in [0.1, 0.15) is 0 Å². The molecule has 0 aromatic heterocycles. The van der Waals surface area contributed by atoms with Crippen LogP contribution in [0.5, 0.6) is 0 Å². The predicted octanol–water partition coefficient (Wildman–Crippen LogP) is 5.47. The van der Waals surface area contributed by atoms with Crippen LogP contribution in [0.1, 0.15) is 17.3 Å². The van der Waals surface area contributed by atoms with Crippen molar-refractivity contribution in [2.45, 2.75) is 17.1 Å². The van der Waals surface area contributed by atoms with Crippen molar-refractivity contribution in [3.05, 3.63) is 63.6 Å². The number of hydrogen-bond donors (Lipinski definition) is 0. The summed E-state index contributed by atoms with van der Waals surface area (Å²) in [5, 5.41) is 0.502. The van der Waals surface area contributed by atoms with Crippen molar-refractivity contribution in [1.82, 2.24) is 0 Å². The molecule has 19 heavy (non-hydrogen) atoms. The van der Waals surface area contributed by atoms with Crippen molar-refractivity contribution in [2.24, 2.45) is 0 Å². The van der Waals surface area contributed by atoms with Gasteiger partial charge < -0.3 is 0 Å². The Morgan fingerprint density at radius 1 is 1.16 bits per heavy atom. The summed E-state index contributed by atoms with van der Waals surface area (Å²) in [6, 6.07) is 14.9. The average Bonchev–Trinajstić information content (AvgIpc) is 2.41. The maximum absolute atomic E-state index is 12.3. The molecule has 0 fully saturated rings. The Balaban J connectivity index is 2.12. The minimum Gasteiger partial charge on any atom is -0.293 e. The Bertz CT molecular complexity index is 583. The molecule has 2 aromatic carbocycles. The molecule has 4 heteroatoms. The van der Waals surface area contributed by atoms with Crippen molar-refractivity contribution in [2.75, 3.05) is 0 Å². The van der Waals surface area contributed by atoms with Crippen LogP contribution >= 0.6 is 39.3 Å². The maximum Gasteiger partial charge on any atom is 0.175 e. The molecule has 1 atom stereocenters. The second-order valence-corrected chi connectivity index (χ2v) is 6.74. The Labute approximate surface area is 130 Å². The Hall–Kier alpha value is -0.770. The van der Waals surface area contributed by atoms with E-state index in [-0.39, 0.29) is 11.0 Å². The monoisotopic (exact) mass is 354 g/mol. The third kappa shape index (κ3) is 3.85. The summed E-state index contributed by atoms with van der Waals surface area (Å²) in [6.07, 6.45) is 0. The van der Waals surface area contributed by atoms with Gasteiger partial charge >= 0.3 is 0 Å². The third-order valence-electron chi connectivity index (χ3n) is 2.64. The van der Waals surface area contributed by atoms with Gasteiger partial charge in [-0.15, -0.1) is 11.8 Å². The first-order valence-corrected chi connectivity index (χ1v) is 7.84. The molecule has 1 nitrogen and oxygen atoms in total. The Morgan fingerprint density at radius 2 is 1.79 bits per heavy atom. The van der Waals surface area contributed by atoms with E-state index in [0.29, 0.717) is 10.6 Å². The predicted molar refractivity (Wildman–Crippen MR) is 85.2 cm³/mol. The number of carbonyl (C=O) groups is 1. The highest BCUT2D eigenvalue weighted by Gasteiger charge is 2.17. The van der Waals surface area contributed by atoms with E-state index in [1.54, 1.807) is 36.0 Å². The summed E-state index contributed by atoms with van der Waals surface area (Å²) >= 11 is 10.9. The number of rotatable bonds is 4. The zero-order valence-electron chi connectivity index (χ0n) is 10.3. The van der Waals surface area contributed by atoms with E-state index in [4.69, 9.17) is 11.6 Å². The molecule has 0 spiro atoms. The minimum atomic E-state index is -0.139. The molecule has 1 unspecified atom stereocenters. The fourth-order valence-corrected chi connectivity index (χ4v) is 3.29. The molecule has 0 amide bonds. The maximum atomic E-state index is 12.3. The fourth-order valence-electron chi connectivity index (χ4n) is 1.63. The molecule has 0 aliphatic rings. The van der Waals surface area contributed by atoms with Gasteiger partial charge in [0.15, 0.2) is 5.78 Å². The van der Waals surface area contributed by atoms with E-state index in [0.717, 1.165) is 9.37 Å². The van der Waals surface area contributed by atoms with Gasteiger partial charge in [-0.2, -0.15) is 0 Å². The number of thioether (sulfide) groups is 1. The third-order valence-corrected chi connectivity index (χ3v) is 5.02. The average molecular weight is 356 g/mol. The van der Waals surface area contributed by atoms with Gasteiger partial charge in [-0.05, 0) is 59.3 Å². The summed E-state index contributed by atoms with van der Waals surface area (Å²) in [4.78, 5) is 13.4. The van der Waals surface area contributed by atoms with Gasteiger partial charge in [-0.1, -0.05) is 23.7 Å². The van der Waals surface area contributed by atoms with Crippen LogP contribution < -0.4 is 0 Å². The van der Waals surface area contributed by atoms with E-state index in [1.165, 1.54) is 0 Å². The summed E-state index contributed by atoms with van der Waals surface area (Å²) in [6.45, 7) is 1.92. The Kier molecular flexibility index (Phi) is 5.08. The van der Waals surface area contributed by atoms with Crippen LogP contribution in [0, 0.1) is 0 Å². The summed E-state index contributed by atoms with van der Waals surface area (Å²) in [5.41, 5.74) is 0.691. The summed E-state index contributed by atoms with van der Waals surface area (Å²) in [7, 11) is 0. The van der Waals surface area contributed by atoms with Gasteiger partial charge in [0.2, 0.25) is 0 Å². The zero-order chi connectivity index (χ0) is 13.8. The van der Waals surface area contributed by atoms with Crippen LogP contribution in [0.25, 0.3) is 0 Å². The normalized spacial score (nSPS) is 12.2. The molecule has 0 N–H and O–H groups in total. The Morgan fingerprint density at radius 3 is 2.42 bits per heavy atom. The lowest BCUT2D eigenvalue weighted by Crippen LogP contribution is -2.13. The molecule has 0 aliphatic carbocycles. The first-order chi connectivity index (χ1) is 9.08. The van der Waals surface area contributed by atoms with E-state index >= 15 is 0 Å². The highest BCUT2D eigenvalue weighted by molar-refractivity contribution is 9.10. The van der Waals surface area contributed by atoms with Crippen LogP contribution in [0.3, 0.4) is 0 Å². The van der Waals surface area contributed by atoms with E-state index in [2.05, 4.69) is 15.9 Å². The smallest absolute Gasteiger partial charge is 0.175 e. The number of halogens is 2. The number of hydrogen-bond acceptors (Lipinski definition) is 2. The zero-order valence-corrected chi connectivity index (χ0v) is 13.4. The van der Waals surface area contributed by atoms with Crippen molar-refractivity contribution in [3.8, 4) is 0 Å². The lowest BCUT2D eigenvalue weighted by molar-refractivity contribution is 0.0994. The van der Waals surface area contributed by atoms with E-state index < -0.39 is 0 Å². The molecular formula is C15H12BrClOS. The number of ketones is 1. The van der Waals surface area contributed by atoms with Crippen molar-refractivity contribution in [1.29, 1.82) is 0 Å². The number of benzene rings is 2. The number of Topliss-reactive ketones (excluding diaryl/α,β-unsaturated/α-hetero) is 1. The van der Waals surface area contributed by atoms with Crippen LogP contribution in [-0.4, -0.2) is 11.0 Å². The van der Waals surface area contributed by atoms with Crippen LogP contribution in [0.4, 0.5) is 0 Å². The molecule has 0 radical (unpaired) electrons. The van der Waals surface area contributed by atoms with E-state index in [1.807, 2.05) is 31.2 Å². The van der Waals surface area contributed by atoms with Gasteiger partial charge in [0.25, 0.3) is 0 Å². The molecule has 2 rings (SSSR count). The standard InChI is InChI=1S/C15H12BrClOS/c1-10(19-14-5-3-2-4-13(14)16)15(18)11-6-8-12(17)9-7-11/h2-10H,1H3. The lowest BCUT2D eigenvalue weighted by atomic mass is 10.1. The molecule has 0 bridgehead atoms. The second-order valence-electron chi connectivity index (χ2n) is 4.06. The van der Waals surface area contributed by atoms with Gasteiger partial charge in [0.05, 0.1) is 5.25 Å². The molecule has 0 saturated heterocycles. The summed E-state index contributed by atoms with van der Waals surface area (Å²) in [5.74, 6) is 0.109. The molecular weight excluding hydrogens is 344 g/mol. The first-order valence-electron chi connectivity index (χ1n) is 5.79. The minimum absolute atomic E-state index is 0.109. The molecule has 98 valence electrons. The fraction of sp³-hybridized carbons (Fsp3) is 0.133. The highest BCUT2D eigenvalue weighted by atomic mass is 79.9. The molecule has 0 aliphatic heterocycles. The van der Waals surface area contributed by atoms with Crippen LogP contribution in [-0.2, 0) is 0 Å². The second kappa shape index (κ2) is 6.60. The topological polar surface area (TPSA) is 17.1 Å². The van der Waals surface area contributed by atoms with Gasteiger partial charge in [-0.3, -0.25) is 4.79 Å². The quantitative estimate of drug-likeness (QED) is 0.534. The highest BCUT2D eigenvalue weighted by Crippen LogP contribution is 2.31. The first kappa shape index (κ1) is 14.6. The lowest BCUT2D eigenvalue weighted by Gasteiger charge is -2.11. The van der Waals surface area contributed by atoms with Crippen LogP contribution in [0.2, 0.25) is 5.02 Å². The molecule has 2 aromatic rings.